The van der Waals surface area contributed by atoms with Gasteiger partial charge in [-0.25, -0.2) is 0 Å². The van der Waals surface area contributed by atoms with Crippen molar-refractivity contribution in [1.82, 2.24) is 66.3 Å². The van der Waals surface area contributed by atoms with E-state index in [0.29, 0.717) is 149 Å². The molecule has 3 unspecified atom stereocenters. The lowest BCUT2D eigenvalue weighted by Crippen LogP contribution is -2.63. The van der Waals surface area contributed by atoms with E-state index >= 15 is 0 Å². The molecule has 120 heavy (non-hydrogen) atoms. The molecule has 43 nitrogen and oxygen atoms in total. The van der Waals surface area contributed by atoms with Crippen molar-refractivity contribution in [1.29, 1.82) is 0 Å². The van der Waals surface area contributed by atoms with Crippen molar-refractivity contribution in [2.75, 3.05) is 164 Å². The lowest BCUT2D eigenvalue weighted by molar-refractivity contribution is -0.145. The van der Waals surface area contributed by atoms with Gasteiger partial charge in [0.1, 0.15) is 22.2 Å². The van der Waals surface area contributed by atoms with Gasteiger partial charge in [0.2, 0.25) is 0 Å². The first-order chi connectivity index (χ1) is 56.6. The van der Waals surface area contributed by atoms with Crippen LogP contribution in [0.25, 0.3) is 0 Å². The number of hydrogen-bond acceptors (Lipinski definition) is 31. The molecule has 26 N–H and O–H groups in total. The largest absolute Gasteiger partial charge is 0.480 e. The zero-order chi connectivity index (χ0) is 87.8. The number of aliphatic carboxylic acids is 4. The summed E-state index contributed by atoms with van der Waals surface area (Å²) >= 11 is 0. The van der Waals surface area contributed by atoms with Gasteiger partial charge in [0, 0.05) is 167 Å². The highest BCUT2D eigenvalue weighted by atomic mass is 32.2. The van der Waals surface area contributed by atoms with E-state index in [4.69, 9.17) is 67.9 Å². The van der Waals surface area contributed by atoms with Crippen LogP contribution in [0.15, 0.2) is 0 Å². The van der Waals surface area contributed by atoms with Gasteiger partial charge >= 0.3 is 52.4 Å². The molecular weight excluding hydrogens is 1650 g/mol. The minimum absolute atomic E-state index is 0.00444. The molecule has 12 aliphatic rings. The maximum atomic E-state index is 13.6. The van der Waals surface area contributed by atoms with Crippen molar-refractivity contribution < 1.29 is 118 Å². The highest BCUT2D eigenvalue weighted by Gasteiger charge is 2.59. The summed E-state index contributed by atoms with van der Waals surface area (Å²) in [6.07, 6.45) is 15.3. The van der Waals surface area contributed by atoms with Crippen LogP contribution < -0.4 is 54.8 Å². The standard InChI is InChI=1S/C18H35BN4O6S.2C17H34BN5O6S.C17H33BN4O7S/c20-18(17(24)25)13-22(12-15(18)7-4-8-19(26)27)30(28,29)23(16-9-21-10-16)11-14-5-2-1-3-6-14;19-17(16(24)25)12-22(11-14(17)4-1-5-18(26)27)30(28,29)23(15-8-21-9-15)10-13-3-2-6-20-7-13;19-17(16(24)25)12-22(10-13(17)4-3-6-18(26)27)30(28,29)23(15-8-20-9-15)11-14-5-1-2-7-21-14;19-17(16(23)24)12-21(10-14(17)4-1-5-18(25)26)30(27,28)22(15-7-20-8-15)9-13-3-2-6-29-11-13/h14-16,21,26-27H,1-13,20H2,(H,24,25);2*13-15,20-21,26-27H,1-12,19H2,(H,24,25);13-15,20,25-26H,1-12,19H2,(H,23,24)/t15-,18-;13?,14-,17-;13-,14?,17-;13?,14-,17-/m0000/s1. The van der Waals surface area contributed by atoms with E-state index in [1.54, 1.807) is 4.31 Å². The third-order valence-electron chi connectivity index (χ3n) is 26.7. The van der Waals surface area contributed by atoms with Crippen LogP contribution in [-0.2, 0) is 64.8 Å². The van der Waals surface area contributed by atoms with Crippen LogP contribution >= 0.6 is 0 Å². The number of piperidine rings is 2. The molecule has 0 aromatic heterocycles. The lowest BCUT2D eigenvalue weighted by atomic mass is 9.78. The molecule has 0 aromatic rings. The van der Waals surface area contributed by atoms with Crippen LogP contribution in [0, 0.1) is 41.4 Å². The Morgan fingerprint density at radius 2 is 0.667 bits per heavy atom. The number of carboxylic acid groups (broad SMARTS) is 4. The summed E-state index contributed by atoms with van der Waals surface area (Å²) in [4.78, 5) is 47.7. The Bertz CT molecular complexity index is 3280. The molecule has 0 radical (unpaired) electrons. The summed E-state index contributed by atoms with van der Waals surface area (Å²) in [5.41, 5.74) is 18.0. The van der Waals surface area contributed by atoms with Gasteiger partial charge in [0.05, 0.1) is 30.8 Å². The average molecular weight is 1790 g/mol. The second kappa shape index (κ2) is 44.7. The van der Waals surface area contributed by atoms with Gasteiger partial charge in [-0.05, 0) is 140 Å². The topological polar surface area (TPSA) is 659 Å². The van der Waals surface area contributed by atoms with Crippen molar-refractivity contribution in [2.24, 2.45) is 64.4 Å². The maximum Gasteiger partial charge on any atom is 0.451 e. The minimum Gasteiger partial charge on any atom is -0.480 e. The second-order valence-electron chi connectivity index (χ2n) is 35.5. The van der Waals surface area contributed by atoms with Crippen LogP contribution in [0.2, 0.25) is 25.3 Å². The lowest BCUT2D eigenvalue weighted by Gasteiger charge is -2.41. The highest BCUT2D eigenvalue weighted by Crippen LogP contribution is 2.40. The fourth-order valence-electron chi connectivity index (χ4n) is 18.5. The average Bonchev–Trinajstić information content (AvgIpc) is 1.62. The van der Waals surface area contributed by atoms with E-state index < -0.39 is 139 Å². The van der Waals surface area contributed by atoms with E-state index in [1.807, 2.05) is 0 Å². The molecule has 11 heterocycles. The molecule has 51 heteroatoms. The number of nitrogens with one attached hydrogen (secondary N) is 6. The summed E-state index contributed by atoms with van der Waals surface area (Å²) < 4.78 is 125. The molecule has 12 rings (SSSR count). The molecule has 0 aromatic carbocycles. The molecular formula is C69H136B4N18O25S4. The van der Waals surface area contributed by atoms with Crippen molar-refractivity contribution in [2.45, 2.75) is 206 Å². The Hall–Kier alpha value is -3.14. The predicted octanol–water partition coefficient (Wildman–Crippen LogP) is -7.96. The van der Waals surface area contributed by atoms with Gasteiger partial charge in [-0.15, -0.1) is 0 Å². The van der Waals surface area contributed by atoms with Crippen LogP contribution in [0.3, 0.4) is 0 Å². The Morgan fingerprint density at radius 3 is 0.933 bits per heavy atom. The Morgan fingerprint density at radius 1 is 0.367 bits per heavy atom. The number of rotatable bonds is 40. The molecule has 0 amide bonds. The molecule has 0 spiro atoms. The molecule has 11 saturated heterocycles. The Kier molecular flexibility index (Phi) is 37.5. The SMILES string of the molecule is N[C@@]1(C(=O)O)CN(S(=O)(=O)N(CC2CCCCC2)C2CNC2)C[C@@H]1CCCB(O)O.N[C@@]1(C(=O)O)CN(S(=O)(=O)N(CC2CCCCN2)C2CNC2)C[C@@H]1CCCB(O)O.N[C@@]1(C(=O)O)CN(S(=O)(=O)N(CC2CCCNC2)C2CNC2)C[C@@H]1CCCB(O)O.N[C@@]1(C(=O)O)CN(S(=O)(=O)N(CC2CCCOC2)C2CNC2)C[C@@H]1CCCB(O)O. The quantitative estimate of drug-likeness (QED) is 0.0253. The van der Waals surface area contributed by atoms with Gasteiger partial charge in [-0.3, -0.25) is 19.2 Å². The van der Waals surface area contributed by atoms with Crippen LogP contribution in [0.4, 0.5) is 0 Å². The van der Waals surface area contributed by atoms with Gasteiger partial charge < -0.3 is 120 Å². The van der Waals surface area contributed by atoms with Crippen LogP contribution in [0.5, 0.6) is 0 Å². The molecule has 12 fully saturated rings. The molecule has 1 saturated carbocycles. The monoisotopic (exact) mass is 1790 g/mol. The number of nitrogens with zero attached hydrogens (tertiary/aromatic N) is 8. The zero-order valence-corrected chi connectivity index (χ0v) is 72.3. The first kappa shape index (κ1) is 101. The third-order valence-corrected chi connectivity index (χ3v) is 34.6. The summed E-state index contributed by atoms with van der Waals surface area (Å²) in [5, 5.41) is 130. The van der Waals surface area contributed by atoms with Gasteiger partial charge in [0.25, 0.3) is 40.8 Å². The van der Waals surface area contributed by atoms with Gasteiger partial charge in [-0.1, -0.05) is 51.4 Å². The summed E-state index contributed by atoms with van der Waals surface area (Å²) in [6.45, 7) is 8.96. The van der Waals surface area contributed by atoms with Gasteiger partial charge in [0.15, 0.2) is 0 Å². The molecule has 688 valence electrons. The first-order valence-corrected chi connectivity index (χ1v) is 48.6. The van der Waals surface area contributed by atoms with Crippen LogP contribution in [0.1, 0.15) is 128 Å². The van der Waals surface area contributed by atoms with Crippen molar-refractivity contribution in [3.8, 4) is 0 Å². The number of nitrogens with two attached hydrogens (primary N) is 4. The summed E-state index contributed by atoms with van der Waals surface area (Å²) in [5.74, 6) is -6.65. The van der Waals surface area contributed by atoms with Crippen molar-refractivity contribution >= 4 is 93.2 Å². The molecule has 11 aliphatic heterocycles. The first-order valence-electron chi connectivity index (χ1n) is 43.0. The van der Waals surface area contributed by atoms with E-state index in [9.17, 15) is 73.3 Å². The Balaban J connectivity index is 0.000000182. The molecule has 1 aliphatic carbocycles. The van der Waals surface area contributed by atoms with Crippen molar-refractivity contribution in [3.63, 3.8) is 0 Å². The van der Waals surface area contributed by atoms with E-state index in [-0.39, 0.29) is 120 Å². The smallest absolute Gasteiger partial charge is 0.451 e. The number of hydrogen-bond donors (Lipinski definition) is 22. The van der Waals surface area contributed by atoms with Crippen molar-refractivity contribution in [3.05, 3.63) is 0 Å². The summed E-state index contributed by atoms with van der Waals surface area (Å²) in [7, 11) is -21.5. The van der Waals surface area contributed by atoms with E-state index in [0.717, 1.165) is 90.3 Å². The molecule has 0 bridgehead atoms. The summed E-state index contributed by atoms with van der Waals surface area (Å²) in [6, 6.07) is -0.493. The maximum absolute atomic E-state index is 13.6. The number of carbonyl (C=O) groups is 4. The second-order valence-corrected chi connectivity index (χ2v) is 43.0. The fraction of sp³-hybridized carbons (Fsp3) is 0.942. The third kappa shape index (κ3) is 25.7. The molecule has 11 atom stereocenters. The minimum atomic E-state index is -3.91. The van der Waals surface area contributed by atoms with Gasteiger partial charge in [-0.2, -0.15) is 68.1 Å². The Labute approximate surface area is 708 Å². The normalized spacial score (nSPS) is 30.6. The predicted molar refractivity (Wildman–Crippen MR) is 446 cm³/mol. The van der Waals surface area contributed by atoms with E-state index in [2.05, 4.69) is 31.9 Å². The number of ether oxygens (including phenoxy) is 1. The number of carboxylic acids is 4. The van der Waals surface area contributed by atoms with E-state index in [1.165, 1.54) is 36.6 Å². The van der Waals surface area contributed by atoms with Crippen LogP contribution in [-0.4, -0.2) is 397 Å². The highest BCUT2D eigenvalue weighted by molar-refractivity contribution is 7.87. The zero-order valence-electron chi connectivity index (χ0n) is 69.1. The fourth-order valence-corrected chi connectivity index (χ4v) is 26.4.